The maximum absolute atomic E-state index is 12.2. The van der Waals surface area contributed by atoms with Gasteiger partial charge in [0, 0.05) is 11.6 Å². The Bertz CT molecular complexity index is 607. The van der Waals surface area contributed by atoms with Gasteiger partial charge in [0.15, 0.2) is 0 Å². The molecule has 2 unspecified atom stereocenters. The van der Waals surface area contributed by atoms with E-state index in [1.54, 1.807) is 6.20 Å². The van der Waals surface area contributed by atoms with Gasteiger partial charge in [0.1, 0.15) is 0 Å². The number of carbonyl (C=O) groups excluding carboxylic acids is 1. The number of anilines is 1. The highest BCUT2D eigenvalue weighted by molar-refractivity contribution is 6.01. The van der Waals surface area contributed by atoms with Crippen LogP contribution in [-0.2, 0) is 4.79 Å². The fourth-order valence-corrected chi connectivity index (χ4v) is 2.68. The summed E-state index contributed by atoms with van der Waals surface area (Å²) in [6, 6.07) is 9.43. The number of carbonyl (C=O) groups is 1. The summed E-state index contributed by atoms with van der Waals surface area (Å²) < 4.78 is 0. The second kappa shape index (κ2) is 4.97. The Morgan fingerprint density at radius 1 is 1.26 bits per heavy atom. The molecule has 1 aromatic heterocycles. The molecule has 2 aromatic rings. The molecular formula is C15H16N2O2. The van der Waals surface area contributed by atoms with Gasteiger partial charge in [0.05, 0.1) is 23.2 Å². The minimum atomic E-state index is -0.506. The van der Waals surface area contributed by atoms with E-state index in [-0.39, 0.29) is 11.8 Å². The summed E-state index contributed by atoms with van der Waals surface area (Å²) in [5, 5.41) is 13.6. The molecule has 1 aliphatic rings. The van der Waals surface area contributed by atoms with Gasteiger partial charge >= 0.3 is 0 Å². The highest BCUT2D eigenvalue weighted by atomic mass is 16.3. The number of amides is 1. The number of aromatic nitrogens is 1. The van der Waals surface area contributed by atoms with E-state index in [1.807, 2.05) is 30.3 Å². The first-order chi connectivity index (χ1) is 9.25. The Morgan fingerprint density at radius 3 is 2.95 bits per heavy atom. The van der Waals surface area contributed by atoms with Gasteiger partial charge in [-0.15, -0.1) is 0 Å². The van der Waals surface area contributed by atoms with Gasteiger partial charge in [0.2, 0.25) is 5.91 Å². The topological polar surface area (TPSA) is 62.2 Å². The van der Waals surface area contributed by atoms with Gasteiger partial charge in [-0.25, -0.2) is 0 Å². The lowest BCUT2D eigenvalue weighted by Crippen LogP contribution is -2.28. The molecule has 2 atom stereocenters. The molecular weight excluding hydrogens is 240 g/mol. The first-order valence-electron chi connectivity index (χ1n) is 6.58. The van der Waals surface area contributed by atoms with Gasteiger partial charge in [-0.2, -0.15) is 0 Å². The Balaban J connectivity index is 1.87. The maximum atomic E-state index is 12.2. The van der Waals surface area contributed by atoms with Gasteiger partial charge < -0.3 is 10.4 Å². The predicted molar refractivity (Wildman–Crippen MR) is 73.7 cm³/mol. The molecule has 19 heavy (non-hydrogen) atoms. The highest BCUT2D eigenvalue weighted by Gasteiger charge is 2.31. The molecule has 1 amide bonds. The monoisotopic (exact) mass is 256 g/mol. The largest absolute Gasteiger partial charge is 0.392 e. The summed E-state index contributed by atoms with van der Waals surface area (Å²) >= 11 is 0. The van der Waals surface area contributed by atoms with E-state index < -0.39 is 6.10 Å². The molecule has 1 saturated carbocycles. The van der Waals surface area contributed by atoms with Crippen LogP contribution < -0.4 is 5.32 Å². The van der Waals surface area contributed by atoms with Crippen molar-refractivity contribution in [1.82, 2.24) is 4.98 Å². The minimum Gasteiger partial charge on any atom is -0.392 e. The highest BCUT2D eigenvalue weighted by Crippen LogP contribution is 2.28. The third-order valence-electron chi connectivity index (χ3n) is 3.72. The molecule has 0 radical (unpaired) electrons. The molecule has 0 aliphatic heterocycles. The number of pyridine rings is 1. The van der Waals surface area contributed by atoms with Crippen molar-refractivity contribution in [3.8, 4) is 0 Å². The van der Waals surface area contributed by atoms with Crippen molar-refractivity contribution in [2.24, 2.45) is 5.92 Å². The summed E-state index contributed by atoms with van der Waals surface area (Å²) in [4.78, 5) is 16.4. The Kier molecular flexibility index (Phi) is 3.17. The molecule has 1 heterocycles. The van der Waals surface area contributed by atoms with Crippen molar-refractivity contribution >= 4 is 22.5 Å². The molecule has 3 rings (SSSR count). The predicted octanol–water partition coefficient (Wildman–Crippen LogP) is 2.33. The van der Waals surface area contributed by atoms with Crippen molar-refractivity contribution in [2.45, 2.75) is 25.4 Å². The zero-order valence-corrected chi connectivity index (χ0v) is 10.5. The molecule has 2 N–H and O–H groups in total. The molecule has 1 fully saturated rings. The molecule has 4 nitrogen and oxygen atoms in total. The zero-order chi connectivity index (χ0) is 13.2. The number of aliphatic hydroxyl groups is 1. The molecule has 0 bridgehead atoms. The molecule has 1 aromatic carbocycles. The summed E-state index contributed by atoms with van der Waals surface area (Å²) in [6.45, 7) is 0. The second-order valence-electron chi connectivity index (χ2n) is 4.97. The fourth-order valence-electron chi connectivity index (χ4n) is 2.68. The summed E-state index contributed by atoms with van der Waals surface area (Å²) in [6.07, 6.45) is 3.61. The van der Waals surface area contributed by atoms with Gasteiger partial charge in [-0.1, -0.05) is 6.07 Å². The van der Waals surface area contributed by atoms with E-state index in [0.29, 0.717) is 0 Å². The summed E-state index contributed by atoms with van der Waals surface area (Å²) in [5.74, 6) is -0.381. The Labute approximate surface area is 111 Å². The number of hydrogen-bond acceptors (Lipinski definition) is 3. The van der Waals surface area contributed by atoms with Crippen LogP contribution in [0, 0.1) is 5.92 Å². The Morgan fingerprint density at radius 2 is 2.16 bits per heavy atom. The van der Waals surface area contributed by atoms with Crippen molar-refractivity contribution in [1.29, 1.82) is 0 Å². The quantitative estimate of drug-likeness (QED) is 0.867. The third-order valence-corrected chi connectivity index (χ3v) is 3.72. The lowest BCUT2D eigenvalue weighted by molar-refractivity contribution is -0.122. The average molecular weight is 256 g/mol. The smallest absolute Gasteiger partial charge is 0.230 e. The number of hydrogen-bond donors (Lipinski definition) is 2. The molecule has 98 valence electrons. The maximum Gasteiger partial charge on any atom is 0.230 e. The van der Waals surface area contributed by atoms with E-state index in [4.69, 9.17) is 0 Å². The number of fused-ring (bicyclic) bond motifs is 1. The zero-order valence-electron chi connectivity index (χ0n) is 10.5. The van der Waals surface area contributed by atoms with Crippen LogP contribution in [0.5, 0.6) is 0 Å². The standard InChI is InChI=1S/C15H16N2O2/c18-14-8-1-4-11(14)15(19)17-13-7-2-6-12-10(13)5-3-9-16-12/h2-3,5-7,9,11,14,18H,1,4,8H2,(H,17,19). The molecule has 4 heteroatoms. The van der Waals surface area contributed by atoms with Crippen molar-refractivity contribution in [2.75, 3.05) is 5.32 Å². The van der Waals surface area contributed by atoms with Gasteiger partial charge in [-0.3, -0.25) is 9.78 Å². The number of aliphatic hydroxyl groups excluding tert-OH is 1. The van der Waals surface area contributed by atoms with E-state index in [9.17, 15) is 9.90 Å². The van der Waals surface area contributed by atoms with Crippen LogP contribution in [0.15, 0.2) is 36.5 Å². The van der Waals surface area contributed by atoms with E-state index >= 15 is 0 Å². The van der Waals surface area contributed by atoms with Crippen LogP contribution in [-0.4, -0.2) is 22.1 Å². The van der Waals surface area contributed by atoms with Crippen LogP contribution in [0.3, 0.4) is 0 Å². The van der Waals surface area contributed by atoms with Crippen molar-refractivity contribution < 1.29 is 9.90 Å². The van der Waals surface area contributed by atoms with Crippen LogP contribution in [0.4, 0.5) is 5.69 Å². The van der Waals surface area contributed by atoms with Crippen LogP contribution in [0.1, 0.15) is 19.3 Å². The SMILES string of the molecule is O=C(Nc1cccc2ncccc12)C1CCCC1O. The van der Waals surface area contributed by atoms with Crippen molar-refractivity contribution in [3.05, 3.63) is 36.5 Å². The number of rotatable bonds is 2. The lowest BCUT2D eigenvalue weighted by Gasteiger charge is -2.15. The number of nitrogens with one attached hydrogen (secondary N) is 1. The normalized spacial score (nSPS) is 22.6. The number of benzene rings is 1. The first-order valence-corrected chi connectivity index (χ1v) is 6.58. The van der Waals surface area contributed by atoms with Crippen LogP contribution in [0.2, 0.25) is 0 Å². The van der Waals surface area contributed by atoms with Crippen LogP contribution >= 0.6 is 0 Å². The summed E-state index contributed by atoms with van der Waals surface area (Å²) in [7, 11) is 0. The lowest BCUT2D eigenvalue weighted by atomic mass is 10.0. The van der Waals surface area contributed by atoms with E-state index in [0.717, 1.165) is 35.9 Å². The third kappa shape index (κ3) is 2.31. The van der Waals surface area contributed by atoms with E-state index in [1.165, 1.54) is 0 Å². The Hall–Kier alpha value is -1.94. The summed E-state index contributed by atoms with van der Waals surface area (Å²) in [5.41, 5.74) is 1.61. The molecule has 0 spiro atoms. The second-order valence-corrected chi connectivity index (χ2v) is 4.97. The average Bonchev–Trinajstić information content (AvgIpc) is 2.85. The minimum absolute atomic E-state index is 0.0960. The van der Waals surface area contributed by atoms with E-state index in [2.05, 4.69) is 10.3 Å². The molecule has 1 aliphatic carbocycles. The van der Waals surface area contributed by atoms with Gasteiger partial charge in [0.25, 0.3) is 0 Å². The molecule has 0 saturated heterocycles. The fraction of sp³-hybridized carbons (Fsp3) is 0.333. The first kappa shape index (κ1) is 12.1. The van der Waals surface area contributed by atoms with Crippen molar-refractivity contribution in [3.63, 3.8) is 0 Å². The van der Waals surface area contributed by atoms with Crippen LogP contribution in [0.25, 0.3) is 10.9 Å². The van der Waals surface area contributed by atoms with Gasteiger partial charge in [-0.05, 0) is 43.5 Å². The number of nitrogens with zero attached hydrogens (tertiary/aromatic N) is 1.